The minimum atomic E-state index is -4.79. The van der Waals surface area contributed by atoms with E-state index in [1.807, 2.05) is 0 Å². The monoisotopic (exact) mass is 340 g/mol. The number of carbonyl (C=O) groups is 1. The third kappa shape index (κ3) is 3.07. The largest absolute Gasteiger partial charge is 0.416 e. The molecule has 0 saturated carbocycles. The number of sulfonamides is 1. The van der Waals surface area contributed by atoms with E-state index in [0.29, 0.717) is 12.1 Å². The lowest BCUT2D eigenvalue weighted by atomic mass is 10.1. The highest BCUT2D eigenvalue weighted by molar-refractivity contribution is 7.89. The van der Waals surface area contributed by atoms with Crippen LogP contribution in [0.3, 0.4) is 0 Å². The van der Waals surface area contributed by atoms with Crippen molar-refractivity contribution >= 4 is 15.9 Å². The average molecular weight is 340 g/mol. The third-order valence-corrected chi connectivity index (χ3v) is 5.31. The maximum atomic E-state index is 13.7. The van der Waals surface area contributed by atoms with Crippen LogP contribution < -0.4 is 5.73 Å². The molecule has 0 aliphatic carbocycles. The molecule has 1 aliphatic heterocycles. The standard InChI is InChI=1S/C12H12F4N2O3S/c13-9-2-1-8(12(14,15)16)5-10(9)22(20,21)18-4-3-7(6-18)11(17)19/h1-2,5,7H,3-4,6H2,(H2,17,19)/t7-/m1/s1. The molecule has 1 aliphatic rings. The van der Waals surface area contributed by atoms with Crippen molar-refractivity contribution in [2.45, 2.75) is 17.5 Å². The zero-order chi connectivity index (χ0) is 16.7. The Morgan fingerprint density at radius 2 is 1.95 bits per heavy atom. The first kappa shape index (κ1) is 16.7. The lowest BCUT2D eigenvalue weighted by molar-refractivity contribution is -0.137. The first-order valence-electron chi connectivity index (χ1n) is 6.19. The van der Waals surface area contributed by atoms with Crippen LogP contribution in [0, 0.1) is 11.7 Å². The van der Waals surface area contributed by atoms with Crippen molar-refractivity contribution in [3.8, 4) is 0 Å². The zero-order valence-electron chi connectivity index (χ0n) is 11.1. The van der Waals surface area contributed by atoms with Crippen molar-refractivity contribution < 1.29 is 30.8 Å². The van der Waals surface area contributed by atoms with Crippen molar-refractivity contribution in [1.82, 2.24) is 4.31 Å². The maximum Gasteiger partial charge on any atom is 0.416 e. The second-order valence-corrected chi connectivity index (χ2v) is 6.80. The van der Waals surface area contributed by atoms with Gasteiger partial charge in [0, 0.05) is 13.1 Å². The van der Waals surface area contributed by atoms with Gasteiger partial charge in [-0.1, -0.05) is 0 Å². The fraction of sp³-hybridized carbons (Fsp3) is 0.417. The van der Waals surface area contributed by atoms with E-state index < -0.39 is 44.3 Å². The predicted molar refractivity (Wildman–Crippen MR) is 67.5 cm³/mol. The number of carbonyl (C=O) groups excluding carboxylic acids is 1. The molecule has 122 valence electrons. The molecule has 2 rings (SSSR count). The van der Waals surface area contributed by atoms with E-state index in [1.54, 1.807) is 0 Å². The molecular formula is C12H12F4N2O3S. The number of primary amides is 1. The Hall–Kier alpha value is -1.68. The summed E-state index contributed by atoms with van der Waals surface area (Å²) < 4.78 is 76.9. The minimum absolute atomic E-state index is 0.106. The summed E-state index contributed by atoms with van der Waals surface area (Å²) >= 11 is 0. The Morgan fingerprint density at radius 3 is 2.45 bits per heavy atom. The van der Waals surface area contributed by atoms with Crippen molar-refractivity contribution in [3.63, 3.8) is 0 Å². The SMILES string of the molecule is NC(=O)[C@@H]1CCN(S(=O)(=O)c2cc(C(F)(F)F)ccc2F)C1. The first-order chi connectivity index (χ1) is 10.0. The lowest BCUT2D eigenvalue weighted by Crippen LogP contribution is -2.32. The average Bonchev–Trinajstić information content (AvgIpc) is 2.87. The van der Waals surface area contributed by atoms with Crippen LogP contribution in [0.25, 0.3) is 0 Å². The first-order valence-corrected chi connectivity index (χ1v) is 7.63. The molecule has 2 N–H and O–H groups in total. The van der Waals surface area contributed by atoms with Gasteiger partial charge in [0.25, 0.3) is 0 Å². The minimum Gasteiger partial charge on any atom is -0.369 e. The van der Waals surface area contributed by atoms with Gasteiger partial charge in [-0.25, -0.2) is 12.8 Å². The van der Waals surface area contributed by atoms with Gasteiger partial charge < -0.3 is 5.73 Å². The molecule has 1 heterocycles. The number of hydrogen-bond acceptors (Lipinski definition) is 3. The van der Waals surface area contributed by atoms with E-state index in [9.17, 15) is 30.8 Å². The molecule has 1 fully saturated rings. The van der Waals surface area contributed by atoms with Gasteiger partial charge in [-0.2, -0.15) is 17.5 Å². The van der Waals surface area contributed by atoms with Gasteiger partial charge in [-0.15, -0.1) is 0 Å². The number of nitrogens with two attached hydrogens (primary N) is 1. The quantitative estimate of drug-likeness (QED) is 0.843. The van der Waals surface area contributed by atoms with Crippen LogP contribution in [0.15, 0.2) is 23.1 Å². The molecule has 0 unspecified atom stereocenters. The van der Waals surface area contributed by atoms with Crippen molar-refractivity contribution in [1.29, 1.82) is 0 Å². The van der Waals surface area contributed by atoms with Gasteiger partial charge in [-0.3, -0.25) is 4.79 Å². The van der Waals surface area contributed by atoms with Crippen LogP contribution in [0.4, 0.5) is 17.6 Å². The summed E-state index contributed by atoms with van der Waals surface area (Å²) in [6.45, 7) is -0.376. The normalized spacial score (nSPS) is 20.3. The van der Waals surface area contributed by atoms with E-state index in [-0.39, 0.29) is 25.6 Å². The Bertz CT molecular complexity index is 703. The molecule has 1 amide bonds. The molecule has 1 atom stereocenters. The molecule has 0 spiro atoms. The summed E-state index contributed by atoms with van der Waals surface area (Å²) in [6.07, 6.45) is -4.64. The summed E-state index contributed by atoms with van der Waals surface area (Å²) in [7, 11) is -4.47. The smallest absolute Gasteiger partial charge is 0.369 e. The highest BCUT2D eigenvalue weighted by atomic mass is 32.2. The molecule has 22 heavy (non-hydrogen) atoms. The molecule has 0 aromatic heterocycles. The number of halogens is 4. The van der Waals surface area contributed by atoms with Gasteiger partial charge in [0.2, 0.25) is 15.9 Å². The van der Waals surface area contributed by atoms with Gasteiger partial charge in [-0.05, 0) is 24.6 Å². The van der Waals surface area contributed by atoms with Crippen molar-refractivity contribution in [2.75, 3.05) is 13.1 Å². The van der Waals surface area contributed by atoms with E-state index in [4.69, 9.17) is 5.73 Å². The van der Waals surface area contributed by atoms with Crippen LogP contribution in [-0.2, 0) is 21.0 Å². The fourth-order valence-corrected chi connectivity index (χ4v) is 3.79. The van der Waals surface area contributed by atoms with Gasteiger partial charge >= 0.3 is 6.18 Å². The summed E-state index contributed by atoms with van der Waals surface area (Å²) in [5, 5.41) is 0. The fourth-order valence-electron chi connectivity index (χ4n) is 2.20. The number of benzene rings is 1. The van der Waals surface area contributed by atoms with Crippen LogP contribution in [0.1, 0.15) is 12.0 Å². The topological polar surface area (TPSA) is 80.5 Å². The number of hydrogen-bond donors (Lipinski definition) is 1. The van der Waals surface area contributed by atoms with Crippen LogP contribution >= 0.6 is 0 Å². The molecule has 1 aromatic carbocycles. The second kappa shape index (κ2) is 5.51. The zero-order valence-corrected chi connectivity index (χ0v) is 11.9. The number of rotatable bonds is 3. The molecule has 10 heteroatoms. The van der Waals surface area contributed by atoms with E-state index in [1.165, 1.54) is 0 Å². The summed E-state index contributed by atoms with van der Waals surface area (Å²) in [5.74, 6) is -2.72. The third-order valence-electron chi connectivity index (χ3n) is 3.43. The van der Waals surface area contributed by atoms with E-state index in [0.717, 1.165) is 4.31 Å². The number of alkyl halides is 3. The van der Waals surface area contributed by atoms with E-state index >= 15 is 0 Å². The van der Waals surface area contributed by atoms with Crippen LogP contribution in [0.5, 0.6) is 0 Å². The Labute approximate surface area is 123 Å². The van der Waals surface area contributed by atoms with Crippen LogP contribution in [0.2, 0.25) is 0 Å². The molecule has 5 nitrogen and oxygen atoms in total. The predicted octanol–water partition coefficient (Wildman–Crippen LogP) is 1.34. The van der Waals surface area contributed by atoms with Crippen molar-refractivity contribution in [2.24, 2.45) is 11.7 Å². The molecule has 1 aromatic rings. The maximum absolute atomic E-state index is 13.7. The highest BCUT2D eigenvalue weighted by Crippen LogP contribution is 2.33. The van der Waals surface area contributed by atoms with Crippen molar-refractivity contribution in [3.05, 3.63) is 29.6 Å². The summed E-state index contributed by atoms with van der Waals surface area (Å²) in [5.41, 5.74) is 3.80. The lowest BCUT2D eigenvalue weighted by Gasteiger charge is -2.17. The number of nitrogens with zero attached hydrogens (tertiary/aromatic N) is 1. The van der Waals surface area contributed by atoms with Gasteiger partial charge in [0.15, 0.2) is 0 Å². The Balaban J connectivity index is 2.40. The Morgan fingerprint density at radius 1 is 1.32 bits per heavy atom. The summed E-state index contributed by atoms with van der Waals surface area (Å²) in [6, 6.07) is 1.17. The highest BCUT2D eigenvalue weighted by Gasteiger charge is 2.38. The number of amides is 1. The molecule has 1 saturated heterocycles. The molecule has 0 radical (unpaired) electrons. The van der Waals surface area contributed by atoms with E-state index in [2.05, 4.69) is 0 Å². The molecular weight excluding hydrogens is 328 g/mol. The Kier molecular flexibility index (Phi) is 4.18. The summed E-state index contributed by atoms with van der Waals surface area (Å²) in [4.78, 5) is 9.98. The van der Waals surface area contributed by atoms with Gasteiger partial charge in [0.1, 0.15) is 10.7 Å². The van der Waals surface area contributed by atoms with Gasteiger partial charge in [0.05, 0.1) is 11.5 Å². The van der Waals surface area contributed by atoms with Crippen LogP contribution in [-0.4, -0.2) is 31.7 Å². The second-order valence-electron chi connectivity index (χ2n) is 4.89. The molecule has 0 bridgehead atoms.